The number of carbonyl (C=O) groups is 1. The molecule has 0 radical (unpaired) electrons. The normalized spacial score (nSPS) is 17.5. The van der Waals surface area contributed by atoms with Crippen LogP contribution in [0.4, 0.5) is 5.82 Å². The first-order valence-corrected chi connectivity index (χ1v) is 14.0. The van der Waals surface area contributed by atoms with E-state index < -0.39 is 0 Å². The molecule has 8 nitrogen and oxygen atoms in total. The van der Waals surface area contributed by atoms with Crippen LogP contribution in [0.3, 0.4) is 0 Å². The molecule has 0 aliphatic carbocycles. The summed E-state index contributed by atoms with van der Waals surface area (Å²) < 4.78 is 7.30. The Hall–Kier alpha value is -2.97. The molecule has 1 aromatic heterocycles. The lowest BCUT2D eigenvalue weighted by Gasteiger charge is -2.38. The van der Waals surface area contributed by atoms with E-state index in [2.05, 4.69) is 40.1 Å². The van der Waals surface area contributed by atoms with Gasteiger partial charge in [0.25, 0.3) is 11.5 Å². The van der Waals surface area contributed by atoms with Gasteiger partial charge in [-0.3, -0.25) is 24.0 Å². The number of carbonyl (C=O) groups excluding carboxylic acids is 1. The Morgan fingerprint density at radius 3 is 2.50 bits per heavy atom. The Morgan fingerprint density at radius 1 is 1.16 bits per heavy atom. The predicted molar refractivity (Wildman–Crippen MR) is 156 cm³/mol. The van der Waals surface area contributed by atoms with Crippen LogP contribution in [0.15, 0.2) is 40.0 Å². The summed E-state index contributed by atoms with van der Waals surface area (Å²) in [6.45, 7) is 9.18. The Labute approximate surface area is 233 Å². The number of nitriles is 1. The molecular formula is C28H33N5O3S2. The molecule has 1 amide bonds. The highest BCUT2D eigenvalue weighted by molar-refractivity contribution is 8.26. The number of benzene rings is 1. The number of hydrogen-bond acceptors (Lipinski definition) is 8. The van der Waals surface area contributed by atoms with E-state index >= 15 is 0 Å². The zero-order chi connectivity index (χ0) is 27.2. The largest absolute Gasteiger partial charge is 0.385 e. The van der Waals surface area contributed by atoms with Crippen molar-refractivity contribution in [1.29, 1.82) is 5.26 Å². The maximum atomic E-state index is 13.3. The number of pyridine rings is 1. The van der Waals surface area contributed by atoms with Crippen LogP contribution >= 0.6 is 24.0 Å². The molecule has 0 saturated carbocycles. The van der Waals surface area contributed by atoms with E-state index in [1.807, 2.05) is 19.1 Å². The molecule has 200 valence electrons. The van der Waals surface area contributed by atoms with Crippen LogP contribution in [0.2, 0.25) is 0 Å². The summed E-state index contributed by atoms with van der Waals surface area (Å²) >= 11 is 6.76. The van der Waals surface area contributed by atoms with E-state index in [1.54, 1.807) is 23.5 Å². The lowest BCUT2D eigenvalue weighted by atomic mass is 10.0. The summed E-state index contributed by atoms with van der Waals surface area (Å²) in [6.07, 6.45) is 2.51. The minimum atomic E-state index is -0.293. The number of thiocarbonyl (C=S) groups is 1. The van der Waals surface area contributed by atoms with Gasteiger partial charge in [0.05, 0.1) is 4.91 Å². The minimum Gasteiger partial charge on any atom is -0.385 e. The number of amides is 1. The van der Waals surface area contributed by atoms with Crippen LogP contribution in [-0.2, 0) is 22.6 Å². The molecule has 2 aliphatic rings. The number of rotatable bonds is 9. The number of methoxy groups -OCH3 is 1. The van der Waals surface area contributed by atoms with E-state index in [0.29, 0.717) is 40.9 Å². The fraction of sp³-hybridized carbons (Fsp3) is 0.429. The molecule has 3 heterocycles. The number of ether oxygens (including phenoxy) is 1. The second-order valence-electron chi connectivity index (χ2n) is 9.33. The van der Waals surface area contributed by atoms with Crippen molar-refractivity contribution < 1.29 is 9.53 Å². The zero-order valence-corrected chi connectivity index (χ0v) is 23.7. The van der Waals surface area contributed by atoms with Gasteiger partial charge in [-0.1, -0.05) is 54.3 Å². The number of aromatic nitrogens is 1. The van der Waals surface area contributed by atoms with Gasteiger partial charge in [-0.25, -0.2) is 0 Å². The van der Waals surface area contributed by atoms with Gasteiger partial charge in [-0.05, 0) is 37.5 Å². The smallest absolute Gasteiger partial charge is 0.270 e. The lowest BCUT2D eigenvalue weighted by molar-refractivity contribution is -0.122. The lowest BCUT2D eigenvalue weighted by Crippen LogP contribution is -2.48. The molecule has 0 atom stereocenters. The highest BCUT2D eigenvalue weighted by Gasteiger charge is 2.33. The average Bonchev–Trinajstić information content (AvgIpc) is 3.19. The van der Waals surface area contributed by atoms with Crippen LogP contribution in [0.5, 0.6) is 0 Å². The van der Waals surface area contributed by atoms with Crippen molar-refractivity contribution in [3.05, 3.63) is 67.8 Å². The molecular weight excluding hydrogens is 518 g/mol. The second-order valence-corrected chi connectivity index (χ2v) is 11.0. The molecule has 2 aliphatic heterocycles. The molecule has 0 unspecified atom stereocenters. The van der Waals surface area contributed by atoms with Gasteiger partial charge in [0.2, 0.25) is 0 Å². The Bertz CT molecular complexity index is 1320. The molecule has 2 saturated heterocycles. The Kier molecular flexibility index (Phi) is 9.39. The number of piperazine rings is 1. The van der Waals surface area contributed by atoms with Crippen molar-refractivity contribution in [3.8, 4) is 6.07 Å². The van der Waals surface area contributed by atoms with Crippen molar-refractivity contribution in [2.75, 3.05) is 51.3 Å². The number of nitrogens with zero attached hydrogens (tertiary/aromatic N) is 5. The third-order valence-electron chi connectivity index (χ3n) is 6.96. The topological polar surface area (TPSA) is 81.8 Å². The predicted octanol–water partition coefficient (Wildman–Crippen LogP) is 3.61. The van der Waals surface area contributed by atoms with Crippen LogP contribution < -0.4 is 10.5 Å². The maximum Gasteiger partial charge on any atom is 0.270 e. The summed E-state index contributed by atoms with van der Waals surface area (Å²) in [5, 5.41) is 9.82. The molecule has 4 rings (SSSR count). The van der Waals surface area contributed by atoms with Crippen molar-refractivity contribution in [2.24, 2.45) is 0 Å². The number of thioether (sulfide) groups is 1. The quantitative estimate of drug-likeness (QED) is 0.266. The fourth-order valence-electron chi connectivity index (χ4n) is 4.93. The molecule has 0 spiro atoms. The van der Waals surface area contributed by atoms with Gasteiger partial charge in [0.15, 0.2) is 0 Å². The number of anilines is 1. The van der Waals surface area contributed by atoms with E-state index in [0.717, 1.165) is 44.1 Å². The highest BCUT2D eigenvalue weighted by atomic mass is 32.2. The van der Waals surface area contributed by atoms with Crippen LogP contribution in [0, 0.1) is 18.3 Å². The summed E-state index contributed by atoms with van der Waals surface area (Å²) in [5.74, 6) is 0.611. The summed E-state index contributed by atoms with van der Waals surface area (Å²) in [7, 11) is 1.63. The summed E-state index contributed by atoms with van der Waals surface area (Å²) in [5.41, 5.74) is 2.41. The third-order valence-corrected chi connectivity index (χ3v) is 8.34. The molecule has 0 bridgehead atoms. The van der Waals surface area contributed by atoms with E-state index in [1.165, 1.54) is 17.3 Å². The van der Waals surface area contributed by atoms with Gasteiger partial charge >= 0.3 is 0 Å². The standard InChI is InChI=1S/C28H33N5O3S2/c1-4-32-25(31-14-12-30(13-15-31)19-21-9-6-5-7-10-21)22(20(2)23(18-29)26(32)34)17-24-27(35)33(28(37)38-24)11-8-16-36-3/h5-7,9-10,17H,4,8,11-16,19H2,1-3H3/b24-17-. The molecule has 2 fully saturated rings. The van der Waals surface area contributed by atoms with Crippen molar-refractivity contribution in [3.63, 3.8) is 0 Å². The first-order chi connectivity index (χ1) is 18.4. The second kappa shape index (κ2) is 12.7. The van der Waals surface area contributed by atoms with E-state index in [9.17, 15) is 14.9 Å². The Morgan fingerprint density at radius 2 is 1.87 bits per heavy atom. The third kappa shape index (κ3) is 5.86. The fourth-order valence-corrected chi connectivity index (χ4v) is 6.22. The minimum absolute atomic E-state index is 0.111. The van der Waals surface area contributed by atoms with Gasteiger partial charge in [-0.2, -0.15) is 5.26 Å². The first-order valence-electron chi connectivity index (χ1n) is 12.8. The van der Waals surface area contributed by atoms with Crippen molar-refractivity contribution in [1.82, 2.24) is 14.4 Å². The SMILES string of the molecule is CCn1c(N2CCN(Cc3ccccc3)CC2)c(/C=C2\SC(=S)N(CCCOC)C2=O)c(C)c(C#N)c1=O. The molecule has 1 aromatic carbocycles. The van der Waals surface area contributed by atoms with Crippen LogP contribution in [0.1, 0.15) is 35.6 Å². The van der Waals surface area contributed by atoms with E-state index in [4.69, 9.17) is 17.0 Å². The molecule has 38 heavy (non-hydrogen) atoms. The average molecular weight is 552 g/mol. The number of hydrogen-bond donors (Lipinski definition) is 0. The van der Waals surface area contributed by atoms with Gasteiger partial charge in [-0.15, -0.1) is 0 Å². The highest BCUT2D eigenvalue weighted by Crippen LogP contribution is 2.36. The zero-order valence-electron chi connectivity index (χ0n) is 22.1. The molecule has 0 N–H and O–H groups in total. The maximum absolute atomic E-state index is 13.3. The van der Waals surface area contributed by atoms with Gasteiger partial charge < -0.3 is 9.64 Å². The van der Waals surface area contributed by atoms with Gasteiger partial charge in [0.1, 0.15) is 21.8 Å². The van der Waals surface area contributed by atoms with Crippen LogP contribution in [0.25, 0.3) is 6.08 Å². The monoisotopic (exact) mass is 551 g/mol. The van der Waals surface area contributed by atoms with Gasteiger partial charge in [0, 0.05) is 65.1 Å². The Balaban J connectivity index is 1.68. The summed E-state index contributed by atoms with van der Waals surface area (Å²) in [6, 6.07) is 12.5. The van der Waals surface area contributed by atoms with Crippen molar-refractivity contribution in [2.45, 2.75) is 33.4 Å². The first kappa shape index (κ1) is 28.0. The van der Waals surface area contributed by atoms with E-state index in [-0.39, 0.29) is 17.0 Å². The molecule has 2 aromatic rings. The van der Waals surface area contributed by atoms with Crippen LogP contribution in [-0.4, -0.2) is 71.0 Å². The molecule has 10 heteroatoms. The summed E-state index contributed by atoms with van der Waals surface area (Å²) in [4.78, 5) is 33.3. The van der Waals surface area contributed by atoms with Crippen molar-refractivity contribution >= 4 is 46.1 Å².